The molecule has 3 nitrogen and oxygen atoms in total. The molecular formula is C6Cl4O3. The molecule has 0 saturated carbocycles. The van der Waals surface area contributed by atoms with Crippen LogP contribution < -0.4 is 5.11 Å². The summed E-state index contributed by atoms with van der Waals surface area (Å²) in [5.74, 6) is -1.18. The van der Waals surface area contributed by atoms with Gasteiger partial charge in [0.2, 0.25) is 4.96 Å². The summed E-state index contributed by atoms with van der Waals surface area (Å²) >= 11 is 21.8. The van der Waals surface area contributed by atoms with E-state index in [-0.39, 0.29) is 20.1 Å². The lowest BCUT2D eigenvalue weighted by Gasteiger charge is -2.10. The Morgan fingerprint density at radius 3 is 1.62 bits per heavy atom. The standard InChI is InChI=1S/C6Cl4O3/c7-1-3(9)6(13-12)4(10)2(8)5(1)11. The highest BCUT2D eigenvalue weighted by Gasteiger charge is 2.27. The van der Waals surface area contributed by atoms with Crippen LogP contribution in [0.4, 0.5) is 0 Å². The summed E-state index contributed by atoms with van der Waals surface area (Å²) in [5, 5.41) is 9.64. The van der Waals surface area contributed by atoms with Gasteiger partial charge >= 0.3 is 5.75 Å². The van der Waals surface area contributed by atoms with Crippen molar-refractivity contribution in [2.24, 2.45) is 0 Å². The zero-order valence-corrected chi connectivity index (χ0v) is 8.76. The molecule has 13 heavy (non-hydrogen) atoms. The monoisotopic (exact) mass is 260 g/mol. The minimum absolute atomic E-state index is 0.337. The van der Waals surface area contributed by atoms with Gasteiger partial charge in [0, 0.05) is 0 Å². The molecule has 0 N–H and O–H groups in total. The van der Waals surface area contributed by atoms with Crippen molar-refractivity contribution in [1.82, 2.24) is 0 Å². The van der Waals surface area contributed by atoms with Crippen LogP contribution in [-0.4, -0.2) is 0 Å². The Kier molecular flexibility index (Phi) is 3.24. The average molecular weight is 262 g/mol. The second-order valence-corrected chi connectivity index (χ2v) is 3.51. The number of hydrogen-bond donors (Lipinski definition) is 0. The van der Waals surface area contributed by atoms with Crippen molar-refractivity contribution >= 4 is 46.4 Å². The average Bonchev–Trinajstić information content (AvgIpc) is 2.13. The van der Waals surface area contributed by atoms with Crippen molar-refractivity contribution in [1.29, 1.82) is 0 Å². The Morgan fingerprint density at radius 2 is 1.31 bits per heavy atom. The Hall–Kier alpha value is -0.220. The smallest absolute Gasteiger partial charge is 0.477 e. The van der Waals surface area contributed by atoms with Crippen molar-refractivity contribution in [3.63, 3.8) is 0 Å². The lowest BCUT2D eigenvalue weighted by molar-refractivity contribution is -0.267. The molecule has 7 heteroatoms. The molecule has 0 amide bonds. The van der Waals surface area contributed by atoms with Gasteiger partial charge in [-0.2, -0.15) is 0 Å². The first-order valence-electron chi connectivity index (χ1n) is 2.83. The number of benzene rings is 1. The van der Waals surface area contributed by atoms with E-state index in [0.29, 0.717) is 0 Å². The molecule has 0 spiro atoms. The fourth-order valence-corrected chi connectivity index (χ4v) is 1.55. The molecule has 1 rings (SSSR count). The van der Waals surface area contributed by atoms with Crippen LogP contribution >= 0.6 is 46.4 Å². The van der Waals surface area contributed by atoms with Gasteiger partial charge in [0.15, 0.2) is 10.0 Å². The molecule has 1 aromatic rings. The highest BCUT2D eigenvalue weighted by Crippen LogP contribution is 2.48. The van der Waals surface area contributed by atoms with E-state index in [1.165, 1.54) is 0 Å². The SMILES string of the molecule is O=[O+]c1c(Cl)c(Cl)c([O-])c(Cl)c1Cl. The number of rotatable bonds is 1. The van der Waals surface area contributed by atoms with Crippen LogP contribution in [-0.2, 0) is 0 Å². The van der Waals surface area contributed by atoms with Gasteiger partial charge in [0.25, 0.3) is 0 Å². The van der Waals surface area contributed by atoms with Crippen molar-refractivity contribution in [3.8, 4) is 11.5 Å². The minimum Gasteiger partial charge on any atom is -0.870 e. The highest BCUT2D eigenvalue weighted by molar-refractivity contribution is 6.50. The summed E-state index contributed by atoms with van der Waals surface area (Å²) in [4.78, 5) is 10.1. The second kappa shape index (κ2) is 3.88. The van der Waals surface area contributed by atoms with Crippen molar-refractivity contribution in [3.05, 3.63) is 29.7 Å². The van der Waals surface area contributed by atoms with Gasteiger partial charge in [-0.1, -0.05) is 52.2 Å². The second-order valence-electron chi connectivity index (χ2n) is 2.00. The molecule has 1 aromatic carbocycles. The van der Waals surface area contributed by atoms with Crippen LogP contribution in [0, 0.1) is 9.56 Å². The summed E-state index contributed by atoms with van der Waals surface area (Å²) in [7, 11) is 0. The van der Waals surface area contributed by atoms with Crippen LogP contribution in [0.25, 0.3) is 0 Å². The van der Waals surface area contributed by atoms with Gasteiger partial charge in [0.05, 0.1) is 14.6 Å². The van der Waals surface area contributed by atoms with Crippen molar-refractivity contribution in [2.75, 3.05) is 0 Å². The Balaban J connectivity index is 3.66. The largest absolute Gasteiger partial charge is 0.870 e. The molecule has 0 unspecified atom stereocenters. The van der Waals surface area contributed by atoms with Gasteiger partial charge in [-0.15, -0.1) is 0 Å². The van der Waals surface area contributed by atoms with Crippen LogP contribution in [0.5, 0.6) is 11.5 Å². The lowest BCUT2D eigenvalue weighted by atomic mass is 10.3. The molecule has 0 aliphatic heterocycles. The fourth-order valence-electron chi connectivity index (χ4n) is 0.665. The quantitative estimate of drug-likeness (QED) is 0.572. The van der Waals surface area contributed by atoms with Gasteiger partial charge < -0.3 is 5.11 Å². The number of hydrogen-bond acceptors (Lipinski definition) is 2. The van der Waals surface area contributed by atoms with E-state index in [2.05, 4.69) is 4.60 Å². The van der Waals surface area contributed by atoms with E-state index < -0.39 is 11.5 Å². The molecule has 0 saturated heterocycles. The molecule has 0 atom stereocenters. The Morgan fingerprint density at radius 1 is 0.923 bits per heavy atom. The van der Waals surface area contributed by atoms with Crippen LogP contribution in [0.15, 0.2) is 0 Å². The van der Waals surface area contributed by atoms with Crippen molar-refractivity contribution < 1.29 is 5.11 Å². The first kappa shape index (κ1) is 10.9. The minimum atomic E-state index is -0.737. The van der Waals surface area contributed by atoms with E-state index in [9.17, 15) is 10.1 Å². The zero-order chi connectivity index (χ0) is 10.2. The van der Waals surface area contributed by atoms with Crippen LogP contribution in [0.2, 0.25) is 20.1 Å². The predicted octanol–water partition coefficient (Wildman–Crippen LogP) is 3.70. The van der Waals surface area contributed by atoms with E-state index >= 15 is 0 Å². The molecule has 0 heterocycles. The summed E-state index contributed by atoms with van der Waals surface area (Å²) in [6, 6.07) is 0. The molecule has 0 aromatic heterocycles. The summed E-state index contributed by atoms with van der Waals surface area (Å²) in [5.41, 5.74) is 0. The molecule has 0 bridgehead atoms. The molecule has 0 aliphatic rings. The summed E-state index contributed by atoms with van der Waals surface area (Å²) < 4.78 is 3.57. The van der Waals surface area contributed by atoms with E-state index in [1.54, 1.807) is 0 Å². The van der Waals surface area contributed by atoms with Gasteiger partial charge in [-0.25, -0.2) is 0 Å². The predicted molar refractivity (Wildman–Crippen MR) is 52.1 cm³/mol. The van der Waals surface area contributed by atoms with E-state index in [4.69, 9.17) is 46.4 Å². The topological polar surface area (TPSA) is 51.4 Å². The maximum Gasteiger partial charge on any atom is 0.477 e. The maximum atomic E-state index is 11.1. The molecule has 0 fully saturated rings. The zero-order valence-electron chi connectivity index (χ0n) is 5.74. The summed E-state index contributed by atoms with van der Waals surface area (Å²) in [6.45, 7) is 0. The molecular weight excluding hydrogens is 262 g/mol. The fraction of sp³-hybridized carbons (Fsp3) is 0. The Labute approximate surface area is 92.7 Å². The molecule has 70 valence electrons. The third-order valence-electron chi connectivity index (χ3n) is 1.27. The highest BCUT2D eigenvalue weighted by atomic mass is 35.5. The lowest BCUT2D eigenvalue weighted by Crippen LogP contribution is -1.93. The van der Waals surface area contributed by atoms with E-state index in [1.807, 2.05) is 0 Å². The van der Waals surface area contributed by atoms with Gasteiger partial charge in [0.1, 0.15) is 0 Å². The number of halogens is 4. The van der Waals surface area contributed by atoms with E-state index in [0.717, 1.165) is 0 Å². The first-order chi connectivity index (χ1) is 6.00. The third-order valence-corrected chi connectivity index (χ3v) is 2.90. The first-order valence-corrected chi connectivity index (χ1v) is 4.34. The van der Waals surface area contributed by atoms with Gasteiger partial charge in [-0.3, -0.25) is 0 Å². The van der Waals surface area contributed by atoms with Crippen molar-refractivity contribution in [2.45, 2.75) is 0 Å². The van der Waals surface area contributed by atoms with Crippen LogP contribution in [0.3, 0.4) is 0 Å². The summed E-state index contributed by atoms with van der Waals surface area (Å²) in [6.07, 6.45) is 0. The maximum absolute atomic E-state index is 11.1. The third kappa shape index (κ3) is 1.70. The normalized spacial score (nSPS) is 10.2. The van der Waals surface area contributed by atoms with Crippen LogP contribution in [0.1, 0.15) is 0 Å². The molecule has 0 aliphatic carbocycles. The molecule has 0 radical (unpaired) electrons. The van der Waals surface area contributed by atoms with Gasteiger partial charge in [-0.05, 0) is 0 Å². The Bertz CT molecular complexity index is 348.